The zero-order chi connectivity index (χ0) is 17.3. The van der Waals surface area contributed by atoms with E-state index in [1.807, 2.05) is 0 Å². The zero-order valence-electron chi connectivity index (χ0n) is 11.8. The SMILES string of the molecule is O=C(Nc1cc2c(cc1Cl)OCO2)c1ccccc1OC(F)(F)F. The van der Waals surface area contributed by atoms with Gasteiger partial charge in [-0.05, 0) is 12.1 Å². The monoisotopic (exact) mass is 359 g/mol. The van der Waals surface area contributed by atoms with Gasteiger partial charge in [-0.2, -0.15) is 0 Å². The second kappa shape index (κ2) is 6.12. The van der Waals surface area contributed by atoms with Crippen molar-refractivity contribution in [2.75, 3.05) is 12.1 Å². The second-order valence-corrected chi connectivity index (χ2v) is 5.09. The molecule has 0 bridgehead atoms. The standard InChI is InChI=1S/C15H9ClF3NO4/c16-9-5-12-13(23-7-22-12)6-10(9)20-14(21)8-3-1-2-4-11(8)24-15(17,18)19/h1-6H,7H2,(H,20,21). The van der Waals surface area contributed by atoms with Crippen molar-refractivity contribution in [2.45, 2.75) is 6.36 Å². The molecule has 0 aromatic heterocycles. The minimum Gasteiger partial charge on any atom is -0.454 e. The van der Waals surface area contributed by atoms with E-state index in [9.17, 15) is 18.0 Å². The number of carbonyl (C=O) groups excluding carboxylic acids is 1. The highest BCUT2D eigenvalue weighted by Crippen LogP contribution is 2.39. The summed E-state index contributed by atoms with van der Waals surface area (Å²) in [6.45, 7) is 0.0192. The van der Waals surface area contributed by atoms with Crippen LogP contribution in [0.4, 0.5) is 18.9 Å². The number of halogens is 4. The quantitative estimate of drug-likeness (QED) is 0.891. The van der Waals surface area contributed by atoms with Crippen LogP contribution in [-0.2, 0) is 0 Å². The van der Waals surface area contributed by atoms with Gasteiger partial charge >= 0.3 is 6.36 Å². The van der Waals surface area contributed by atoms with Crippen LogP contribution in [-0.4, -0.2) is 19.1 Å². The van der Waals surface area contributed by atoms with Gasteiger partial charge in [-0.25, -0.2) is 0 Å². The van der Waals surface area contributed by atoms with Gasteiger partial charge in [0, 0.05) is 12.1 Å². The lowest BCUT2D eigenvalue weighted by Gasteiger charge is -2.13. The number of amides is 1. The van der Waals surface area contributed by atoms with Crippen molar-refractivity contribution in [1.29, 1.82) is 0 Å². The fourth-order valence-corrected chi connectivity index (χ4v) is 2.27. The van der Waals surface area contributed by atoms with Crippen LogP contribution in [0.3, 0.4) is 0 Å². The first-order valence-electron chi connectivity index (χ1n) is 6.59. The smallest absolute Gasteiger partial charge is 0.454 e. The number of alkyl halides is 3. The summed E-state index contributed by atoms with van der Waals surface area (Å²) in [5.74, 6) is -0.636. The number of rotatable bonds is 3. The molecule has 2 aromatic carbocycles. The van der Waals surface area contributed by atoms with E-state index in [1.165, 1.54) is 30.3 Å². The molecule has 24 heavy (non-hydrogen) atoms. The molecule has 0 saturated heterocycles. The first-order chi connectivity index (χ1) is 11.3. The molecule has 0 fully saturated rings. The minimum absolute atomic E-state index is 0.0192. The Morgan fingerprint density at radius 2 is 1.83 bits per heavy atom. The van der Waals surface area contributed by atoms with Crippen molar-refractivity contribution in [3.63, 3.8) is 0 Å². The van der Waals surface area contributed by atoms with E-state index in [1.54, 1.807) is 0 Å². The van der Waals surface area contributed by atoms with Crippen LogP contribution in [0.1, 0.15) is 10.4 Å². The fraction of sp³-hybridized carbons (Fsp3) is 0.133. The maximum absolute atomic E-state index is 12.4. The molecule has 9 heteroatoms. The summed E-state index contributed by atoms with van der Waals surface area (Å²) in [6.07, 6.45) is -4.91. The molecule has 0 atom stereocenters. The van der Waals surface area contributed by atoms with Crippen LogP contribution in [0.25, 0.3) is 0 Å². The van der Waals surface area contributed by atoms with Crippen molar-refractivity contribution < 1.29 is 32.2 Å². The number of hydrogen-bond donors (Lipinski definition) is 1. The lowest BCUT2D eigenvalue weighted by atomic mass is 10.2. The lowest BCUT2D eigenvalue weighted by molar-refractivity contribution is -0.274. The third-order valence-electron chi connectivity index (χ3n) is 3.07. The van der Waals surface area contributed by atoms with Gasteiger partial charge in [0.2, 0.25) is 6.79 Å². The normalized spacial score (nSPS) is 12.8. The molecule has 1 aliphatic heterocycles. The van der Waals surface area contributed by atoms with Crippen LogP contribution in [0.2, 0.25) is 5.02 Å². The number of benzene rings is 2. The molecule has 0 aliphatic carbocycles. The average Bonchev–Trinajstić information content (AvgIpc) is 2.93. The van der Waals surface area contributed by atoms with Crippen LogP contribution < -0.4 is 19.5 Å². The Bertz CT molecular complexity index is 795. The number of carbonyl (C=O) groups is 1. The van der Waals surface area contributed by atoms with Crippen LogP contribution in [0.5, 0.6) is 17.2 Å². The highest BCUT2D eigenvalue weighted by Gasteiger charge is 2.33. The summed E-state index contributed by atoms with van der Waals surface area (Å²) in [6, 6.07) is 7.86. The number of nitrogens with one attached hydrogen (secondary N) is 1. The maximum Gasteiger partial charge on any atom is 0.573 e. The van der Waals surface area contributed by atoms with Crippen LogP contribution >= 0.6 is 11.6 Å². The van der Waals surface area contributed by atoms with Crippen molar-refractivity contribution in [2.24, 2.45) is 0 Å². The third kappa shape index (κ3) is 3.48. The minimum atomic E-state index is -4.91. The van der Waals surface area contributed by atoms with Crippen LogP contribution in [0.15, 0.2) is 36.4 Å². The molecule has 3 rings (SSSR count). The van der Waals surface area contributed by atoms with Gasteiger partial charge in [0.25, 0.3) is 5.91 Å². The van der Waals surface area contributed by atoms with E-state index >= 15 is 0 Å². The molecule has 0 spiro atoms. The molecule has 126 valence electrons. The van der Waals surface area contributed by atoms with Gasteiger partial charge in [-0.3, -0.25) is 4.79 Å². The first kappa shape index (κ1) is 16.3. The number of fused-ring (bicyclic) bond motifs is 1. The van der Waals surface area contributed by atoms with E-state index in [0.717, 1.165) is 6.07 Å². The van der Waals surface area contributed by atoms with Crippen molar-refractivity contribution >= 4 is 23.2 Å². The van der Waals surface area contributed by atoms with E-state index < -0.39 is 18.0 Å². The summed E-state index contributed by atoms with van der Waals surface area (Å²) in [5.41, 5.74) is -0.115. The summed E-state index contributed by atoms with van der Waals surface area (Å²) in [4.78, 5) is 12.3. The molecular formula is C15H9ClF3NO4. The Hall–Kier alpha value is -2.61. The highest BCUT2D eigenvalue weighted by atomic mass is 35.5. The van der Waals surface area contributed by atoms with Gasteiger partial charge in [0.1, 0.15) is 5.75 Å². The van der Waals surface area contributed by atoms with Gasteiger partial charge in [-0.1, -0.05) is 23.7 Å². The largest absolute Gasteiger partial charge is 0.573 e. The Morgan fingerprint density at radius 3 is 2.54 bits per heavy atom. The fourth-order valence-electron chi connectivity index (χ4n) is 2.07. The molecule has 1 aliphatic rings. The van der Waals surface area contributed by atoms with Gasteiger partial charge in [-0.15, -0.1) is 13.2 Å². The first-order valence-corrected chi connectivity index (χ1v) is 6.96. The second-order valence-electron chi connectivity index (χ2n) is 4.68. The van der Waals surface area contributed by atoms with Crippen molar-refractivity contribution in [3.05, 3.63) is 47.0 Å². The Kier molecular flexibility index (Phi) is 4.15. The summed E-state index contributed by atoms with van der Waals surface area (Å²) < 4.78 is 51.4. The Labute approximate surface area is 138 Å². The van der Waals surface area contributed by atoms with Crippen molar-refractivity contribution in [3.8, 4) is 17.2 Å². The molecule has 0 radical (unpaired) electrons. The average molecular weight is 360 g/mol. The van der Waals surface area contributed by atoms with Crippen LogP contribution in [0, 0.1) is 0 Å². The summed E-state index contributed by atoms with van der Waals surface area (Å²) >= 11 is 6.02. The van der Waals surface area contributed by atoms with E-state index in [4.69, 9.17) is 21.1 Å². The van der Waals surface area contributed by atoms with Gasteiger partial charge in [0.05, 0.1) is 16.3 Å². The predicted octanol–water partition coefficient (Wildman–Crippen LogP) is 4.22. The van der Waals surface area contributed by atoms with Crippen molar-refractivity contribution in [1.82, 2.24) is 0 Å². The Morgan fingerprint density at radius 1 is 1.17 bits per heavy atom. The molecule has 1 N–H and O–H groups in total. The third-order valence-corrected chi connectivity index (χ3v) is 3.38. The Balaban J connectivity index is 1.86. The van der Waals surface area contributed by atoms with E-state index in [-0.39, 0.29) is 23.1 Å². The number of ether oxygens (including phenoxy) is 3. The number of anilines is 1. The van der Waals surface area contributed by atoms with E-state index in [0.29, 0.717) is 11.5 Å². The molecule has 1 amide bonds. The van der Waals surface area contributed by atoms with Gasteiger partial charge in [0.15, 0.2) is 11.5 Å². The number of hydrogen-bond acceptors (Lipinski definition) is 4. The zero-order valence-corrected chi connectivity index (χ0v) is 12.6. The topological polar surface area (TPSA) is 56.8 Å². The number of para-hydroxylation sites is 1. The molecule has 0 saturated carbocycles. The maximum atomic E-state index is 12.4. The molecule has 1 heterocycles. The predicted molar refractivity (Wildman–Crippen MR) is 78.7 cm³/mol. The highest BCUT2D eigenvalue weighted by molar-refractivity contribution is 6.34. The summed E-state index contributed by atoms with van der Waals surface area (Å²) in [7, 11) is 0. The molecule has 5 nitrogen and oxygen atoms in total. The molecule has 2 aromatic rings. The summed E-state index contributed by atoms with van der Waals surface area (Å²) in [5, 5.41) is 2.58. The molecular weight excluding hydrogens is 351 g/mol. The van der Waals surface area contributed by atoms with E-state index in [2.05, 4.69) is 10.1 Å². The van der Waals surface area contributed by atoms with Gasteiger partial charge < -0.3 is 19.5 Å². The molecule has 0 unspecified atom stereocenters. The lowest BCUT2D eigenvalue weighted by Crippen LogP contribution is -2.20.